The lowest BCUT2D eigenvalue weighted by atomic mass is 10.2. The Morgan fingerprint density at radius 1 is 1.30 bits per heavy atom. The van der Waals surface area contributed by atoms with Crippen LogP contribution < -0.4 is 11.2 Å². The van der Waals surface area contributed by atoms with Crippen LogP contribution in [-0.2, 0) is 7.05 Å². The fraction of sp³-hybridized carbons (Fsp3) is 0.167. The smallest absolute Gasteiger partial charge is 0.301 e. The molecular formula is C12H9ClFN4O2+. The van der Waals surface area contributed by atoms with Crippen molar-refractivity contribution >= 4 is 17.3 Å². The monoisotopic (exact) mass is 295 g/mol. The summed E-state index contributed by atoms with van der Waals surface area (Å²) in [6, 6.07) is 3.10. The van der Waals surface area contributed by atoms with Crippen molar-refractivity contribution in [2.75, 3.05) is 0 Å². The van der Waals surface area contributed by atoms with Crippen LogP contribution in [-0.4, -0.2) is 9.13 Å². The van der Waals surface area contributed by atoms with E-state index in [1.807, 2.05) is 0 Å². The van der Waals surface area contributed by atoms with Crippen molar-refractivity contribution < 1.29 is 4.39 Å². The predicted molar refractivity (Wildman–Crippen MR) is 71.7 cm³/mol. The zero-order valence-corrected chi connectivity index (χ0v) is 11.3. The molecule has 8 heteroatoms. The Kier molecular flexibility index (Phi) is 3.42. The van der Waals surface area contributed by atoms with Crippen LogP contribution in [0.5, 0.6) is 0 Å². The van der Waals surface area contributed by atoms with Gasteiger partial charge in [-0.05, 0) is 6.92 Å². The van der Waals surface area contributed by atoms with E-state index >= 15 is 0 Å². The first-order valence-corrected chi connectivity index (χ1v) is 5.89. The summed E-state index contributed by atoms with van der Waals surface area (Å²) in [7, 11) is 1.46. The minimum Gasteiger partial charge on any atom is -0.301 e. The van der Waals surface area contributed by atoms with Gasteiger partial charge in [0.1, 0.15) is 10.8 Å². The number of halogens is 2. The average molecular weight is 296 g/mol. The van der Waals surface area contributed by atoms with E-state index in [1.54, 1.807) is 6.92 Å². The molecule has 0 N–H and O–H groups in total. The summed E-state index contributed by atoms with van der Waals surface area (Å²) < 4.78 is 15.8. The van der Waals surface area contributed by atoms with Crippen LogP contribution in [0.2, 0.25) is 5.02 Å². The number of aromatic nitrogens is 2. The molecule has 0 aliphatic heterocycles. The number of hydrogen-bond acceptors (Lipinski definition) is 3. The van der Waals surface area contributed by atoms with Crippen molar-refractivity contribution in [1.82, 2.24) is 9.13 Å². The van der Waals surface area contributed by atoms with Gasteiger partial charge >= 0.3 is 11.4 Å². The van der Waals surface area contributed by atoms with Crippen molar-refractivity contribution in [2.24, 2.45) is 7.05 Å². The summed E-state index contributed by atoms with van der Waals surface area (Å²) in [4.78, 5) is 26.9. The molecule has 0 spiro atoms. The standard InChI is InChI=1S/C12H9ClFN4O2/c1-6-3-11(19)18(12(20)17(6)2)10-5-9(16-15)7(13)4-8(10)14/h3-5H,1-2H3/q+1. The Balaban J connectivity index is 2.90. The van der Waals surface area contributed by atoms with E-state index in [2.05, 4.69) is 4.98 Å². The molecule has 0 atom stereocenters. The molecule has 2 rings (SSSR count). The van der Waals surface area contributed by atoms with E-state index in [1.165, 1.54) is 17.7 Å². The summed E-state index contributed by atoms with van der Waals surface area (Å²) in [5.74, 6) is -0.870. The predicted octanol–water partition coefficient (Wildman–Crippen LogP) is 2.12. The second-order valence-corrected chi connectivity index (χ2v) is 4.56. The van der Waals surface area contributed by atoms with Gasteiger partial charge in [-0.1, -0.05) is 11.6 Å². The highest BCUT2D eigenvalue weighted by molar-refractivity contribution is 6.33. The van der Waals surface area contributed by atoms with Crippen LogP contribution in [0.25, 0.3) is 10.7 Å². The normalized spacial score (nSPS) is 10.3. The van der Waals surface area contributed by atoms with Crippen LogP contribution in [0, 0.1) is 18.1 Å². The van der Waals surface area contributed by atoms with Crippen molar-refractivity contribution in [3.8, 4) is 5.69 Å². The Labute approximate surface area is 117 Å². The third-order valence-electron chi connectivity index (χ3n) is 2.92. The maximum absolute atomic E-state index is 13.9. The average Bonchev–Trinajstić information content (AvgIpc) is 2.38. The summed E-state index contributed by atoms with van der Waals surface area (Å²) >= 11 is 5.66. The van der Waals surface area contributed by atoms with Crippen LogP contribution in [0.15, 0.2) is 27.8 Å². The summed E-state index contributed by atoms with van der Waals surface area (Å²) in [6.45, 7) is 1.58. The molecule has 0 aliphatic rings. The maximum Gasteiger partial charge on any atom is 0.405 e. The zero-order valence-electron chi connectivity index (χ0n) is 10.6. The molecular weight excluding hydrogens is 287 g/mol. The number of benzene rings is 1. The Morgan fingerprint density at radius 2 is 1.95 bits per heavy atom. The Hall–Kier alpha value is -2.46. The Morgan fingerprint density at radius 3 is 2.55 bits per heavy atom. The minimum atomic E-state index is -0.870. The highest BCUT2D eigenvalue weighted by Gasteiger charge is 2.21. The van der Waals surface area contributed by atoms with Gasteiger partial charge < -0.3 is 4.57 Å². The number of nitrogens with zero attached hydrogens (tertiary/aromatic N) is 4. The molecule has 0 aliphatic carbocycles. The lowest BCUT2D eigenvalue weighted by Crippen LogP contribution is -2.38. The molecule has 1 aromatic heterocycles. The van der Waals surface area contributed by atoms with Crippen molar-refractivity contribution in [2.45, 2.75) is 6.92 Å². The molecule has 102 valence electrons. The van der Waals surface area contributed by atoms with E-state index in [0.717, 1.165) is 12.1 Å². The molecule has 1 aromatic carbocycles. The van der Waals surface area contributed by atoms with Crippen molar-refractivity contribution in [3.63, 3.8) is 0 Å². The van der Waals surface area contributed by atoms with Crippen LogP contribution in [0.3, 0.4) is 0 Å². The lowest BCUT2D eigenvalue weighted by molar-refractivity contribution is 0.605. The van der Waals surface area contributed by atoms with E-state index < -0.39 is 17.1 Å². The van der Waals surface area contributed by atoms with Crippen molar-refractivity contribution in [1.29, 1.82) is 5.39 Å². The first-order valence-electron chi connectivity index (χ1n) is 5.51. The van der Waals surface area contributed by atoms with Crippen LogP contribution in [0.4, 0.5) is 10.1 Å². The third kappa shape index (κ3) is 2.10. The summed E-state index contributed by atoms with van der Waals surface area (Å²) in [5, 5.41) is 8.63. The van der Waals surface area contributed by atoms with Gasteiger partial charge in [-0.2, -0.15) is 0 Å². The summed E-state index contributed by atoms with van der Waals surface area (Å²) in [5.41, 5.74) is -1.42. The SMILES string of the molecule is Cc1cc(=O)n(-c2cc([N+]#N)c(Cl)cc2F)c(=O)n1C. The molecule has 0 saturated heterocycles. The van der Waals surface area contributed by atoms with Gasteiger partial charge in [0.15, 0.2) is 4.98 Å². The van der Waals surface area contributed by atoms with Gasteiger partial charge in [0.05, 0.1) is 11.8 Å². The zero-order chi connectivity index (χ0) is 15.0. The minimum absolute atomic E-state index is 0.134. The van der Waals surface area contributed by atoms with Crippen LogP contribution >= 0.6 is 11.6 Å². The highest BCUT2D eigenvalue weighted by Crippen LogP contribution is 2.28. The fourth-order valence-electron chi connectivity index (χ4n) is 1.73. The second kappa shape index (κ2) is 4.90. The third-order valence-corrected chi connectivity index (χ3v) is 3.23. The van der Waals surface area contributed by atoms with E-state index in [9.17, 15) is 14.0 Å². The fourth-order valence-corrected chi connectivity index (χ4v) is 1.92. The molecule has 0 fully saturated rings. The molecule has 0 unspecified atom stereocenters. The first kappa shape index (κ1) is 14.0. The lowest BCUT2D eigenvalue weighted by Gasteiger charge is -2.09. The van der Waals surface area contributed by atoms with E-state index in [4.69, 9.17) is 17.0 Å². The maximum atomic E-state index is 13.9. The number of diazo groups is 1. The molecule has 0 bridgehead atoms. The molecule has 6 nitrogen and oxygen atoms in total. The first-order chi connectivity index (χ1) is 9.36. The molecule has 0 amide bonds. The van der Waals surface area contributed by atoms with Gasteiger partial charge in [-0.3, -0.25) is 4.79 Å². The van der Waals surface area contributed by atoms with Gasteiger partial charge in [-0.25, -0.2) is 13.8 Å². The molecule has 0 saturated carbocycles. The second-order valence-electron chi connectivity index (χ2n) is 4.16. The number of aryl methyl sites for hydroxylation is 1. The van der Waals surface area contributed by atoms with Gasteiger partial charge in [0.25, 0.3) is 5.56 Å². The van der Waals surface area contributed by atoms with Gasteiger partial charge in [-0.15, -0.1) is 0 Å². The number of rotatable bonds is 1. The highest BCUT2D eigenvalue weighted by atomic mass is 35.5. The van der Waals surface area contributed by atoms with E-state index in [-0.39, 0.29) is 16.4 Å². The molecule has 2 aromatic rings. The quantitative estimate of drug-likeness (QED) is 0.757. The summed E-state index contributed by atoms with van der Waals surface area (Å²) in [6.07, 6.45) is 0. The van der Waals surface area contributed by atoms with Crippen LogP contribution in [0.1, 0.15) is 5.69 Å². The topological polar surface area (TPSA) is 72.2 Å². The van der Waals surface area contributed by atoms with E-state index in [0.29, 0.717) is 10.3 Å². The van der Waals surface area contributed by atoms with Gasteiger partial charge in [0, 0.05) is 24.9 Å². The molecule has 1 heterocycles. The largest absolute Gasteiger partial charge is 0.405 e. The number of hydrogen-bond donors (Lipinski definition) is 0. The molecule has 20 heavy (non-hydrogen) atoms. The molecule has 0 radical (unpaired) electrons. The Bertz CT molecular complexity index is 863. The van der Waals surface area contributed by atoms with Crippen molar-refractivity contribution in [3.05, 3.63) is 60.5 Å². The van der Waals surface area contributed by atoms with Gasteiger partial charge in [0.2, 0.25) is 5.39 Å².